The van der Waals surface area contributed by atoms with Crippen molar-refractivity contribution in [2.45, 2.75) is 13.8 Å². The first-order chi connectivity index (χ1) is 7.54. The van der Waals surface area contributed by atoms with Crippen LogP contribution in [0.1, 0.15) is 12.5 Å². The van der Waals surface area contributed by atoms with Crippen LogP contribution in [-0.2, 0) is 4.79 Å². The number of primary amides is 1. The minimum atomic E-state index is -0.723. The van der Waals surface area contributed by atoms with Crippen LogP contribution in [0, 0.1) is 18.3 Å². The fourth-order valence-electron chi connectivity index (χ4n) is 1.24. The minimum Gasteiger partial charge on any atom is -0.365 e. The number of allylic oxidation sites excluding steroid dienone is 1. The van der Waals surface area contributed by atoms with Crippen LogP contribution in [0.15, 0.2) is 35.5 Å². The van der Waals surface area contributed by atoms with Crippen molar-refractivity contribution in [1.29, 1.82) is 5.26 Å². The SMILES string of the molecule is CC(Nc1ccc(C)cc1)=C(C#N)C(N)=O. The third-order valence-corrected chi connectivity index (χ3v) is 2.12. The average Bonchev–Trinajstić information content (AvgIpc) is 2.22. The van der Waals surface area contributed by atoms with Gasteiger partial charge in [0.15, 0.2) is 0 Å². The van der Waals surface area contributed by atoms with E-state index in [1.807, 2.05) is 31.2 Å². The van der Waals surface area contributed by atoms with E-state index < -0.39 is 5.91 Å². The fraction of sp³-hybridized carbons (Fsp3) is 0.167. The minimum absolute atomic E-state index is 0.0550. The summed E-state index contributed by atoms with van der Waals surface area (Å²) in [6.45, 7) is 3.62. The normalized spacial score (nSPS) is 11.3. The Bertz CT molecular complexity index is 466. The molecule has 0 bridgehead atoms. The second-order valence-corrected chi connectivity index (χ2v) is 3.47. The number of carbonyl (C=O) groups excluding carboxylic acids is 1. The first-order valence-electron chi connectivity index (χ1n) is 4.79. The van der Waals surface area contributed by atoms with Crippen molar-refractivity contribution < 1.29 is 4.79 Å². The molecule has 0 saturated carbocycles. The van der Waals surface area contributed by atoms with Crippen molar-refractivity contribution in [2.24, 2.45) is 5.73 Å². The molecule has 3 N–H and O–H groups in total. The number of benzene rings is 1. The van der Waals surface area contributed by atoms with E-state index in [0.717, 1.165) is 11.3 Å². The highest BCUT2D eigenvalue weighted by molar-refractivity contribution is 5.97. The Hall–Kier alpha value is -2.28. The van der Waals surface area contributed by atoms with Crippen molar-refractivity contribution in [3.8, 4) is 6.07 Å². The number of rotatable bonds is 3. The molecule has 4 nitrogen and oxygen atoms in total. The van der Waals surface area contributed by atoms with Crippen LogP contribution in [0.2, 0.25) is 0 Å². The number of hydrogen-bond acceptors (Lipinski definition) is 3. The Morgan fingerprint density at radius 1 is 1.38 bits per heavy atom. The lowest BCUT2D eigenvalue weighted by atomic mass is 10.2. The third-order valence-electron chi connectivity index (χ3n) is 2.12. The van der Waals surface area contributed by atoms with Crippen molar-refractivity contribution in [2.75, 3.05) is 5.32 Å². The summed E-state index contributed by atoms with van der Waals surface area (Å²) in [6.07, 6.45) is 0. The maximum Gasteiger partial charge on any atom is 0.261 e. The number of nitrogens with two attached hydrogens (primary N) is 1. The van der Waals surface area contributed by atoms with E-state index in [-0.39, 0.29) is 5.57 Å². The van der Waals surface area contributed by atoms with Gasteiger partial charge in [0.1, 0.15) is 11.6 Å². The van der Waals surface area contributed by atoms with Gasteiger partial charge in [0, 0.05) is 11.4 Å². The van der Waals surface area contributed by atoms with Crippen LogP contribution in [-0.4, -0.2) is 5.91 Å². The van der Waals surface area contributed by atoms with Gasteiger partial charge in [0.05, 0.1) is 0 Å². The van der Waals surface area contributed by atoms with Crippen LogP contribution in [0.4, 0.5) is 5.69 Å². The molecule has 1 aromatic carbocycles. The summed E-state index contributed by atoms with van der Waals surface area (Å²) in [5.41, 5.74) is 7.43. The monoisotopic (exact) mass is 215 g/mol. The summed E-state index contributed by atoms with van der Waals surface area (Å²) in [5.74, 6) is -0.723. The molecule has 0 heterocycles. The Kier molecular flexibility index (Phi) is 3.67. The predicted molar refractivity (Wildman–Crippen MR) is 62.3 cm³/mol. The molecule has 0 aliphatic carbocycles. The van der Waals surface area contributed by atoms with Crippen molar-refractivity contribution in [3.63, 3.8) is 0 Å². The molecule has 0 radical (unpaired) electrons. The Labute approximate surface area is 94.4 Å². The van der Waals surface area contributed by atoms with E-state index in [4.69, 9.17) is 11.0 Å². The van der Waals surface area contributed by atoms with Crippen LogP contribution in [0.3, 0.4) is 0 Å². The van der Waals surface area contributed by atoms with E-state index in [0.29, 0.717) is 5.70 Å². The number of nitrogens with one attached hydrogen (secondary N) is 1. The number of carbonyl (C=O) groups is 1. The Balaban J connectivity index is 2.93. The third kappa shape index (κ3) is 2.85. The molecule has 82 valence electrons. The lowest BCUT2D eigenvalue weighted by Gasteiger charge is -2.07. The fourth-order valence-corrected chi connectivity index (χ4v) is 1.24. The number of hydrogen-bond donors (Lipinski definition) is 2. The molecule has 0 aliphatic rings. The topological polar surface area (TPSA) is 78.9 Å². The second kappa shape index (κ2) is 4.99. The number of nitrogens with zero attached hydrogens (tertiary/aromatic N) is 1. The highest BCUT2D eigenvalue weighted by Gasteiger charge is 2.08. The first-order valence-corrected chi connectivity index (χ1v) is 4.79. The second-order valence-electron chi connectivity index (χ2n) is 3.47. The van der Waals surface area contributed by atoms with E-state index >= 15 is 0 Å². The zero-order chi connectivity index (χ0) is 12.1. The quantitative estimate of drug-likeness (QED) is 0.594. The molecule has 1 amide bonds. The lowest BCUT2D eigenvalue weighted by molar-refractivity contribution is -0.114. The number of amides is 1. The van der Waals surface area contributed by atoms with Gasteiger partial charge in [-0.2, -0.15) is 5.26 Å². The van der Waals surface area contributed by atoms with E-state index in [1.165, 1.54) is 0 Å². The molecule has 4 heteroatoms. The molecule has 0 aromatic heterocycles. The zero-order valence-corrected chi connectivity index (χ0v) is 9.24. The van der Waals surface area contributed by atoms with Crippen LogP contribution >= 0.6 is 0 Å². The van der Waals surface area contributed by atoms with Gasteiger partial charge in [-0.25, -0.2) is 0 Å². The van der Waals surface area contributed by atoms with Crippen LogP contribution in [0.5, 0.6) is 0 Å². The van der Waals surface area contributed by atoms with Crippen LogP contribution in [0.25, 0.3) is 0 Å². The Morgan fingerprint density at radius 2 is 1.94 bits per heavy atom. The van der Waals surface area contributed by atoms with Gasteiger partial charge in [-0.1, -0.05) is 17.7 Å². The number of anilines is 1. The number of aryl methyl sites for hydroxylation is 1. The van der Waals surface area contributed by atoms with Crippen molar-refractivity contribution in [1.82, 2.24) is 0 Å². The molecule has 0 saturated heterocycles. The molecule has 0 atom stereocenters. The molecule has 16 heavy (non-hydrogen) atoms. The average molecular weight is 215 g/mol. The predicted octanol–water partition coefficient (Wildman–Crippen LogP) is 1.69. The van der Waals surface area contributed by atoms with Gasteiger partial charge >= 0.3 is 0 Å². The molecular weight excluding hydrogens is 202 g/mol. The van der Waals surface area contributed by atoms with Gasteiger partial charge < -0.3 is 11.1 Å². The maximum atomic E-state index is 10.9. The smallest absolute Gasteiger partial charge is 0.261 e. The first kappa shape index (κ1) is 11.8. The molecule has 0 aliphatic heterocycles. The van der Waals surface area contributed by atoms with E-state index in [2.05, 4.69) is 5.32 Å². The summed E-state index contributed by atoms with van der Waals surface area (Å²) in [4.78, 5) is 10.9. The number of nitriles is 1. The lowest BCUT2D eigenvalue weighted by Crippen LogP contribution is -2.16. The highest BCUT2D eigenvalue weighted by Crippen LogP contribution is 2.13. The molecule has 0 fully saturated rings. The molecule has 0 unspecified atom stereocenters. The van der Waals surface area contributed by atoms with Crippen LogP contribution < -0.4 is 11.1 Å². The van der Waals surface area contributed by atoms with Crippen molar-refractivity contribution in [3.05, 3.63) is 41.1 Å². The van der Waals surface area contributed by atoms with Gasteiger partial charge in [0.2, 0.25) is 0 Å². The molecule has 1 rings (SSSR count). The standard InChI is InChI=1S/C12H13N3O/c1-8-3-5-10(6-4-8)15-9(2)11(7-13)12(14)16/h3-6,15H,1-2H3,(H2,14,16). The maximum absolute atomic E-state index is 10.9. The largest absolute Gasteiger partial charge is 0.365 e. The van der Waals surface area contributed by atoms with Gasteiger partial charge in [0.25, 0.3) is 5.91 Å². The highest BCUT2D eigenvalue weighted by atomic mass is 16.1. The molecule has 1 aromatic rings. The molecule has 0 spiro atoms. The van der Waals surface area contributed by atoms with Gasteiger partial charge in [-0.05, 0) is 26.0 Å². The summed E-state index contributed by atoms with van der Waals surface area (Å²) >= 11 is 0. The summed E-state index contributed by atoms with van der Waals surface area (Å²) in [6, 6.07) is 9.39. The summed E-state index contributed by atoms with van der Waals surface area (Å²) < 4.78 is 0. The molecular formula is C12H13N3O. The van der Waals surface area contributed by atoms with E-state index in [1.54, 1.807) is 13.0 Å². The summed E-state index contributed by atoms with van der Waals surface area (Å²) in [5, 5.41) is 11.7. The van der Waals surface area contributed by atoms with Crippen molar-refractivity contribution >= 4 is 11.6 Å². The van der Waals surface area contributed by atoms with E-state index in [9.17, 15) is 4.79 Å². The van der Waals surface area contributed by atoms with Gasteiger partial charge in [-0.3, -0.25) is 4.79 Å². The summed E-state index contributed by atoms with van der Waals surface area (Å²) in [7, 11) is 0. The Morgan fingerprint density at radius 3 is 2.38 bits per heavy atom. The zero-order valence-electron chi connectivity index (χ0n) is 9.24. The van der Waals surface area contributed by atoms with Gasteiger partial charge in [-0.15, -0.1) is 0 Å².